The summed E-state index contributed by atoms with van der Waals surface area (Å²) < 4.78 is 13.5. The largest absolute Gasteiger partial charge is 0.489 e. The third-order valence-corrected chi connectivity index (χ3v) is 7.28. The van der Waals surface area contributed by atoms with Gasteiger partial charge in [-0.05, 0) is 74.6 Å². The molecule has 1 saturated carbocycles. The van der Waals surface area contributed by atoms with Gasteiger partial charge in [-0.25, -0.2) is 9.78 Å². The number of amides is 1. The Labute approximate surface area is 238 Å². The Morgan fingerprint density at radius 3 is 2.71 bits per heavy atom. The highest BCUT2D eigenvalue weighted by atomic mass is 16.5. The number of para-hydroxylation sites is 1. The molecule has 1 fully saturated rings. The summed E-state index contributed by atoms with van der Waals surface area (Å²) in [4.78, 5) is 31.2. The Hall–Kier alpha value is -4.15. The first-order chi connectivity index (χ1) is 19.7. The molecule has 0 bridgehead atoms. The number of benzene rings is 2. The van der Waals surface area contributed by atoms with Gasteiger partial charge in [-0.1, -0.05) is 31.0 Å². The molecule has 10 heteroatoms. The molecule has 5 N–H and O–H groups in total. The summed E-state index contributed by atoms with van der Waals surface area (Å²) in [7, 11) is 0. The number of aliphatic hydroxyl groups is 1. The third-order valence-electron chi connectivity index (χ3n) is 7.28. The maximum atomic E-state index is 12.5. The fraction of sp³-hybridized carbons (Fsp3) is 0.387. The maximum absolute atomic E-state index is 12.5. The van der Waals surface area contributed by atoms with Gasteiger partial charge in [0.2, 0.25) is 5.88 Å². The molecule has 0 saturated heterocycles. The fourth-order valence-corrected chi connectivity index (χ4v) is 4.89. The number of aliphatic hydroxyl groups excluding tert-OH is 1. The van der Waals surface area contributed by atoms with Crippen LogP contribution in [0.5, 0.6) is 17.4 Å². The van der Waals surface area contributed by atoms with Gasteiger partial charge in [-0.15, -0.1) is 0 Å². The van der Waals surface area contributed by atoms with E-state index in [2.05, 4.69) is 29.1 Å². The predicted molar refractivity (Wildman–Crippen MR) is 156 cm³/mol. The van der Waals surface area contributed by atoms with Crippen molar-refractivity contribution in [2.75, 3.05) is 13.2 Å². The Bertz CT molecular complexity index is 1560. The molecule has 1 atom stereocenters. The normalized spacial score (nSPS) is 14.2. The second-order valence-corrected chi connectivity index (χ2v) is 11.3. The number of β-amino-alcohol motifs (C(OH)–C–C–N with tert-alkyl or cyclic N) is 1. The van der Waals surface area contributed by atoms with Crippen LogP contribution < -0.4 is 26.2 Å². The number of pyridine rings is 1. The molecule has 0 aliphatic heterocycles. The van der Waals surface area contributed by atoms with E-state index in [4.69, 9.17) is 15.2 Å². The number of primary amides is 1. The Balaban J connectivity index is 1.13. The smallest absolute Gasteiger partial charge is 0.326 e. The number of nitrogens with one attached hydrogen (secondary N) is 2. The lowest BCUT2D eigenvalue weighted by Gasteiger charge is -2.28. The van der Waals surface area contributed by atoms with Crippen LogP contribution in [0.2, 0.25) is 0 Å². The average molecular weight is 560 g/mol. The molecule has 1 aliphatic rings. The van der Waals surface area contributed by atoms with Gasteiger partial charge in [0.05, 0.1) is 5.52 Å². The van der Waals surface area contributed by atoms with Crippen LogP contribution in [0.1, 0.15) is 49.0 Å². The number of H-pyrrole nitrogens is 1. The van der Waals surface area contributed by atoms with Gasteiger partial charge in [0.1, 0.15) is 35.3 Å². The second kappa shape index (κ2) is 12.2. The number of nitrogens with zero attached hydrogens (tertiary/aromatic N) is 2. The van der Waals surface area contributed by atoms with Crippen LogP contribution in [0.25, 0.3) is 11.0 Å². The topological polar surface area (TPSA) is 144 Å². The number of hydrogen-bond acceptors (Lipinski definition) is 7. The van der Waals surface area contributed by atoms with Gasteiger partial charge in [-0.2, -0.15) is 0 Å². The highest BCUT2D eigenvalue weighted by Gasteiger charge is 2.23. The molecule has 216 valence electrons. The molecule has 1 amide bonds. The quantitative estimate of drug-likeness (QED) is 0.184. The van der Waals surface area contributed by atoms with Crippen LogP contribution in [-0.4, -0.2) is 50.3 Å². The monoisotopic (exact) mass is 559 g/mol. The first kappa shape index (κ1) is 28.4. The average Bonchev–Trinajstić information content (AvgIpc) is 3.72. The number of rotatable bonds is 14. The van der Waals surface area contributed by atoms with Crippen molar-refractivity contribution in [3.05, 3.63) is 82.4 Å². The van der Waals surface area contributed by atoms with Crippen molar-refractivity contribution in [2.45, 2.75) is 57.7 Å². The molecule has 0 unspecified atom stereocenters. The van der Waals surface area contributed by atoms with Crippen LogP contribution >= 0.6 is 0 Å². The van der Waals surface area contributed by atoms with Crippen molar-refractivity contribution in [2.24, 2.45) is 11.7 Å². The second-order valence-electron chi connectivity index (χ2n) is 11.3. The molecule has 2 aromatic carbocycles. The predicted octanol–water partition coefficient (Wildman–Crippen LogP) is 3.77. The summed E-state index contributed by atoms with van der Waals surface area (Å²) in [6.45, 7) is 5.22. The number of imidazole rings is 1. The Kier molecular flexibility index (Phi) is 8.41. The van der Waals surface area contributed by atoms with Crippen molar-refractivity contribution in [3.63, 3.8) is 0 Å². The minimum atomic E-state index is -0.747. The molecule has 10 nitrogen and oxygen atoms in total. The zero-order valence-electron chi connectivity index (χ0n) is 23.4. The van der Waals surface area contributed by atoms with E-state index in [0.29, 0.717) is 36.9 Å². The molecule has 0 spiro atoms. The number of carbonyl (C=O) groups is 1. The van der Waals surface area contributed by atoms with E-state index in [-0.39, 0.29) is 29.3 Å². The van der Waals surface area contributed by atoms with Crippen molar-refractivity contribution >= 4 is 16.9 Å². The third kappa shape index (κ3) is 7.33. The first-order valence-corrected chi connectivity index (χ1v) is 14.0. The number of hydrogen-bond donors (Lipinski definition) is 4. The van der Waals surface area contributed by atoms with Crippen molar-refractivity contribution in [1.29, 1.82) is 0 Å². The lowest BCUT2D eigenvalue weighted by molar-refractivity contribution is 0.0993. The highest BCUT2D eigenvalue weighted by Crippen LogP contribution is 2.33. The summed E-state index contributed by atoms with van der Waals surface area (Å²) in [6, 6.07) is 16.3. The van der Waals surface area contributed by atoms with Gasteiger partial charge in [0, 0.05) is 24.8 Å². The van der Waals surface area contributed by atoms with E-state index in [1.165, 1.54) is 12.8 Å². The van der Waals surface area contributed by atoms with E-state index in [1.807, 2.05) is 42.5 Å². The van der Waals surface area contributed by atoms with Gasteiger partial charge in [-0.3, -0.25) is 9.36 Å². The summed E-state index contributed by atoms with van der Waals surface area (Å²) in [5, 5.41) is 14.1. The SMILES string of the molecule is CC(C)(Cc1ccc(Oc2ncccc2C(N)=O)cc1)NC[C@H](O)COc1cccc2[nH]c(=O)n(CCC3CC3)c12. The number of carbonyl (C=O) groups excluding carboxylic acids is 1. The van der Waals surface area contributed by atoms with E-state index in [0.717, 1.165) is 23.0 Å². The molecule has 0 radical (unpaired) electrons. The Morgan fingerprint density at radius 1 is 1.20 bits per heavy atom. The zero-order chi connectivity index (χ0) is 29.0. The molecule has 5 rings (SSSR count). The fourth-order valence-electron chi connectivity index (χ4n) is 4.89. The van der Waals surface area contributed by atoms with Crippen molar-refractivity contribution in [1.82, 2.24) is 19.9 Å². The van der Waals surface area contributed by atoms with Crippen LogP contribution in [0.15, 0.2) is 65.6 Å². The van der Waals surface area contributed by atoms with Gasteiger partial charge >= 0.3 is 5.69 Å². The number of ether oxygens (including phenoxy) is 2. The van der Waals surface area contributed by atoms with E-state index in [1.54, 1.807) is 22.9 Å². The number of aromatic nitrogens is 3. The zero-order valence-corrected chi connectivity index (χ0v) is 23.4. The standard InChI is InChI=1S/C31H37N5O5/c1-31(2,17-21-10-12-23(13-11-21)41-29-24(28(32)38)5-4-15-33-29)34-18-22(37)19-40-26-7-3-6-25-27(26)36(30(39)35-25)16-14-20-8-9-20/h3-7,10-13,15,20,22,34,37H,8-9,14,16-19H2,1-2H3,(H2,32,38)(H,35,39)/t22-/m0/s1. The maximum Gasteiger partial charge on any atom is 0.326 e. The molecule has 41 heavy (non-hydrogen) atoms. The van der Waals surface area contributed by atoms with Crippen LogP contribution in [0.3, 0.4) is 0 Å². The van der Waals surface area contributed by atoms with Crippen molar-refractivity contribution in [3.8, 4) is 17.4 Å². The minimum absolute atomic E-state index is 0.0943. The lowest BCUT2D eigenvalue weighted by Crippen LogP contribution is -2.46. The summed E-state index contributed by atoms with van der Waals surface area (Å²) in [5.74, 6) is 1.41. The molecular formula is C31H37N5O5. The molecule has 2 aromatic heterocycles. The molecule has 1 aliphatic carbocycles. The molecule has 4 aromatic rings. The summed E-state index contributed by atoms with van der Waals surface area (Å²) in [6.07, 6.45) is 4.95. The number of aromatic amines is 1. The van der Waals surface area contributed by atoms with E-state index in [9.17, 15) is 14.7 Å². The first-order valence-electron chi connectivity index (χ1n) is 14.0. The van der Waals surface area contributed by atoms with Crippen LogP contribution in [-0.2, 0) is 13.0 Å². The minimum Gasteiger partial charge on any atom is -0.489 e. The summed E-state index contributed by atoms with van der Waals surface area (Å²) >= 11 is 0. The van der Waals surface area contributed by atoms with Crippen LogP contribution in [0.4, 0.5) is 0 Å². The lowest BCUT2D eigenvalue weighted by atomic mass is 9.94. The number of fused-ring (bicyclic) bond motifs is 1. The van der Waals surface area contributed by atoms with Gasteiger partial charge < -0.3 is 30.6 Å². The highest BCUT2D eigenvalue weighted by molar-refractivity contribution is 5.95. The van der Waals surface area contributed by atoms with Gasteiger partial charge in [0.15, 0.2) is 0 Å². The van der Waals surface area contributed by atoms with Crippen LogP contribution in [0, 0.1) is 5.92 Å². The molecule has 2 heterocycles. The number of nitrogens with two attached hydrogens (primary N) is 1. The summed E-state index contributed by atoms with van der Waals surface area (Å²) in [5.41, 5.74) is 7.74. The van der Waals surface area contributed by atoms with E-state index >= 15 is 0 Å². The number of aryl methyl sites for hydroxylation is 1. The van der Waals surface area contributed by atoms with E-state index < -0.39 is 12.0 Å². The Morgan fingerprint density at radius 2 is 1.98 bits per heavy atom. The van der Waals surface area contributed by atoms with Gasteiger partial charge in [0.25, 0.3) is 5.91 Å². The molecular weight excluding hydrogens is 522 g/mol. The van der Waals surface area contributed by atoms with Crippen molar-refractivity contribution < 1.29 is 19.4 Å².